The molecule has 7 heteroatoms. The van der Waals surface area contributed by atoms with E-state index in [2.05, 4.69) is 10.5 Å². The fourth-order valence-corrected chi connectivity index (χ4v) is 2.85. The highest BCUT2D eigenvalue weighted by Crippen LogP contribution is 2.22. The number of amides is 1. The zero-order chi connectivity index (χ0) is 17.6. The van der Waals surface area contributed by atoms with Gasteiger partial charge in [-0.25, -0.2) is 4.79 Å². The monoisotopic (exact) mass is 345 g/mol. The molecule has 25 heavy (non-hydrogen) atoms. The minimum atomic E-state index is -0.242. The molecular formula is C18H23N3O4. The third-order valence-electron chi connectivity index (χ3n) is 4.22. The molecule has 0 radical (unpaired) electrons. The minimum absolute atomic E-state index is 0.235. The summed E-state index contributed by atoms with van der Waals surface area (Å²) in [4.78, 5) is 13.4. The summed E-state index contributed by atoms with van der Waals surface area (Å²) in [5.41, 5.74) is 1.77. The summed E-state index contributed by atoms with van der Waals surface area (Å²) in [6, 6.07) is 9.84. The maximum absolute atomic E-state index is 11.7. The summed E-state index contributed by atoms with van der Waals surface area (Å²) in [5, 5.41) is 7.52. The smallest absolute Gasteiger partial charge is 0.409 e. The Morgan fingerprint density at radius 3 is 2.92 bits per heavy atom. The molecule has 3 rings (SSSR count). The van der Waals surface area contributed by atoms with Gasteiger partial charge < -0.3 is 24.2 Å². The van der Waals surface area contributed by atoms with Crippen molar-refractivity contribution in [3.63, 3.8) is 0 Å². The number of hydrogen-bond acceptors (Lipinski definition) is 6. The lowest BCUT2D eigenvalue weighted by Crippen LogP contribution is -2.35. The molecule has 0 bridgehead atoms. The van der Waals surface area contributed by atoms with Crippen molar-refractivity contribution in [2.24, 2.45) is 0 Å². The number of rotatable bonds is 6. The molecule has 1 amide bonds. The summed E-state index contributed by atoms with van der Waals surface area (Å²) in [6.07, 6.45) is 0.659. The Morgan fingerprint density at radius 1 is 1.40 bits per heavy atom. The maximum Gasteiger partial charge on any atom is 0.409 e. The molecular weight excluding hydrogens is 322 g/mol. The number of nitrogens with one attached hydrogen (secondary N) is 1. The van der Waals surface area contributed by atoms with Crippen LogP contribution >= 0.6 is 0 Å². The van der Waals surface area contributed by atoms with Gasteiger partial charge in [0.1, 0.15) is 11.4 Å². The molecule has 0 unspecified atom stereocenters. The Balaban J connectivity index is 1.51. The van der Waals surface area contributed by atoms with Crippen molar-refractivity contribution in [1.29, 1.82) is 0 Å². The molecule has 1 aromatic heterocycles. The highest BCUT2D eigenvalue weighted by molar-refractivity contribution is 5.68. The van der Waals surface area contributed by atoms with Crippen molar-refractivity contribution in [2.45, 2.75) is 25.9 Å². The van der Waals surface area contributed by atoms with Crippen LogP contribution in [0.15, 0.2) is 34.9 Å². The number of nitrogens with zero attached hydrogens (tertiary/aromatic N) is 2. The first-order valence-electron chi connectivity index (χ1n) is 8.44. The number of carbonyl (C=O) groups is 1. The zero-order valence-corrected chi connectivity index (χ0v) is 14.5. The van der Waals surface area contributed by atoms with Gasteiger partial charge in [0.25, 0.3) is 0 Å². The van der Waals surface area contributed by atoms with Crippen LogP contribution in [-0.4, -0.2) is 49.0 Å². The van der Waals surface area contributed by atoms with Crippen LogP contribution in [0.25, 0.3) is 11.3 Å². The van der Waals surface area contributed by atoms with Gasteiger partial charge in [-0.2, -0.15) is 0 Å². The second-order valence-electron chi connectivity index (χ2n) is 5.92. The number of methoxy groups -OCH3 is 1. The fourth-order valence-electron chi connectivity index (χ4n) is 2.85. The van der Waals surface area contributed by atoms with Crippen LogP contribution in [0.1, 0.15) is 19.1 Å². The van der Waals surface area contributed by atoms with Crippen LogP contribution in [0.3, 0.4) is 0 Å². The first kappa shape index (κ1) is 17.3. The highest BCUT2D eigenvalue weighted by atomic mass is 16.6. The summed E-state index contributed by atoms with van der Waals surface area (Å²) in [7, 11) is 1.64. The van der Waals surface area contributed by atoms with Crippen LogP contribution in [0.4, 0.5) is 4.79 Å². The van der Waals surface area contributed by atoms with Crippen molar-refractivity contribution in [3.8, 4) is 17.0 Å². The van der Waals surface area contributed by atoms with Gasteiger partial charge in [-0.05, 0) is 37.6 Å². The van der Waals surface area contributed by atoms with E-state index in [1.807, 2.05) is 37.3 Å². The van der Waals surface area contributed by atoms with E-state index in [0.717, 1.165) is 29.2 Å². The van der Waals surface area contributed by atoms with Crippen LogP contribution < -0.4 is 10.1 Å². The van der Waals surface area contributed by atoms with Crippen molar-refractivity contribution in [3.05, 3.63) is 36.1 Å². The molecule has 0 saturated carbocycles. The first-order valence-corrected chi connectivity index (χ1v) is 8.44. The van der Waals surface area contributed by atoms with Gasteiger partial charge in [-0.3, -0.25) is 0 Å². The number of aromatic nitrogens is 1. The van der Waals surface area contributed by atoms with Gasteiger partial charge in [-0.15, -0.1) is 0 Å². The van der Waals surface area contributed by atoms with E-state index in [-0.39, 0.29) is 12.1 Å². The summed E-state index contributed by atoms with van der Waals surface area (Å²) < 4.78 is 15.6. The molecule has 1 N–H and O–H groups in total. The van der Waals surface area contributed by atoms with E-state index in [0.29, 0.717) is 26.2 Å². The van der Waals surface area contributed by atoms with E-state index >= 15 is 0 Å². The lowest BCUT2D eigenvalue weighted by Gasteiger charge is -2.15. The molecule has 0 spiro atoms. The van der Waals surface area contributed by atoms with Crippen LogP contribution in [-0.2, 0) is 11.3 Å². The van der Waals surface area contributed by atoms with Crippen LogP contribution in [0, 0.1) is 0 Å². The number of ether oxygens (including phenoxy) is 2. The molecule has 1 atom stereocenters. The molecule has 1 saturated heterocycles. The predicted octanol–water partition coefficient (Wildman–Crippen LogP) is 2.67. The SMILES string of the molecule is CCOC(=O)N1CC[C@H](NCc2cc(-c3ccc(OC)cc3)no2)C1. The second kappa shape index (κ2) is 8.02. The minimum Gasteiger partial charge on any atom is -0.497 e. The molecule has 134 valence electrons. The van der Waals surface area contributed by atoms with Crippen molar-refractivity contribution >= 4 is 6.09 Å². The van der Waals surface area contributed by atoms with Gasteiger partial charge in [0.2, 0.25) is 0 Å². The quantitative estimate of drug-likeness (QED) is 0.867. The Morgan fingerprint density at radius 2 is 2.20 bits per heavy atom. The number of benzene rings is 1. The molecule has 1 aliphatic rings. The van der Waals surface area contributed by atoms with E-state index < -0.39 is 0 Å². The van der Waals surface area contributed by atoms with Gasteiger partial charge in [-0.1, -0.05) is 5.16 Å². The second-order valence-corrected chi connectivity index (χ2v) is 5.92. The highest BCUT2D eigenvalue weighted by Gasteiger charge is 2.26. The van der Waals surface area contributed by atoms with Crippen molar-refractivity contribution in [2.75, 3.05) is 26.8 Å². The molecule has 2 heterocycles. The summed E-state index contributed by atoms with van der Waals surface area (Å²) >= 11 is 0. The van der Waals surface area contributed by atoms with E-state index in [9.17, 15) is 4.79 Å². The molecule has 1 aromatic carbocycles. The topological polar surface area (TPSA) is 76.8 Å². The Bertz CT molecular complexity index is 699. The Kier molecular flexibility index (Phi) is 5.55. The van der Waals surface area contributed by atoms with Crippen LogP contribution in [0.5, 0.6) is 5.75 Å². The van der Waals surface area contributed by atoms with Crippen molar-refractivity contribution in [1.82, 2.24) is 15.4 Å². The standard InChI is InChI=1S/C18H23N3O4/c1-3-24-18(22)21-9-8-14(12-21)19-11-16-10-17(20-25-16)13-4-6-15(23-2)7-5-13/h4-7,10,14,19H,3,8-9,11-12H2,1-2H3/t14-/m0/s1. The molecule has 1 aliphatic heterocycles. The van der Waals surface area contributed by atoms with Crippen molar-refractivity contribution < 1.29 is 18.8 Å². The molecule has 1 fully saturated rings. The average Bonchev–Trinajstić information content (AvgIpc) is 3.30. The lowest BCUT2D eigenvalue weighted by atomic mass is 10.1. The zero-order valence-electron chi connectivity index (χ0n) is 14.5. The number of carbonyl (C=O) groups excluding carboxylic acids is 1. The lowest BCUT2D eigenvalue weighted by molar-refractivity contribution is 0.115. The van der Waals surface area contributed by atoms with Gasteiger partial charge in [0.05, 0.1) is 20.3 Å². The summed E-state index contributed by atoms with van der Waals surface area (Å²) in [5.74, 6) is 1.57. The normalized spacial score (nSPS) is 16.9. The molecule has 2 aromatic rings. The van der Waals surface area contributed by atoms with Gasteiger partial charge in [0.15, 0.2) is 5.76 Å². The molecule has 7 nitrogen and oxygen atoms in total. The van der Waals surface area contributed by atoms with E-state index in [1.165, 1.54) is 0 Å². The van der Waals surface area contributed by atoms with Crippen LogP contribution in [0.2, 0.25) is 0 Å². The van der Waals surface area contributed by atoms with Gasteiger partial charge in [0, 0.05) is 30.8 Å². The first-order chi connectivity index (χ1) is 12.2. The van der Waals surface area contributed by atoms with E-state index in [4.69, 9.17) is 14.0 Å². The average molecular weight is 345 g/mol. The largest absolute Gasteiger partial charge is 0.497 e. The third kappa shape index (κ3) is 4.30. The van der Waals surface area contributed by atoms with Gasteiger partial charge >= 0.3 is 6.09 Å². The third-order valence-corrected chi connectivity index (χ3v) is 4.22. The maximum atomic E-state index is 11.7. The predicted molar refractivity (Wildman–Crippen MR) is 92.3 cm³/mol. The molecule has 0 aliphatic carbocycles. The Hall–Kier alpha value is -2.54. The fraction of sp³-hybridized carbons (Fsp3) is 0.444. The summed E-state index contributed by atoms with van der Waals surface area (Å²) in [6.45, 7) is 4.15. The van der Waals surface area contributed by atoms with E-state index in [1.54, 1.807) is 12.0 Å². The number of likely N-dealkylation sites (tertiary alicyclic amines) is 1. The number of hydrogen-bond donors (Lipinski definition) is 1. The Labute approximate surface area is 146 Å².